The summed E-state index contributed by atoms with van der Waals surface area (Å²) in [7, 11) is 1.26. The molecular weight excluding hydrogens is 282 g/mol. The molecule has 0 aliphatic carbocycles. The standard InChI is InChI=1S/C16H17N3O3/c1-22-15(20)14-13(8-5-10-17-14)19-16(21)18-11-9-12-6-3-2-4-7-12/h2-8,10H,9,11H2,1H3,(H2,18,19,21). The fourth-order valence-electron chi connectivity index (χ4n) is 1.90. The smallest absolute Gasteiger partial charge is 0.358 e. The number of hydrogen-bond acceptors (Lipinski definition) is 4. The minimum Gasteiger partial charge on any atom is -0.464 e. The van der Waals surface area contributed by atoms with Gasteiger partial charge >= 0.3 is 12.0 Å². The van der Waals surface area contributed by atoms with Crippen LogP contribution in [0.15, 0.2) is 48.7 Å². The fourth-order valence-corrected chi connectivity index (χ4v) is 1.90. The lowest BCUT2D eigenvalue weighted by Gasteiger charge is -2.10. The molecule has 0 fully saturated rings. The zero-order valence-corrected chi connectivity index (χ0v) is 12.2. The summed E-state index contributed by atoms with van der Waals surface area (Å²) in [6.45, 7) is 0.490. The Hall–Kier alpha value is -2.89. The SMILES string of the molecule is COC(=O)c1ncccc1NC(=O)NCCc1ccccc1. The molecule has 0 bridgehead atoms. The third-order valence-electron chi connectivity index (χ3n) is 2.98. The third kappa shape index (κ3) is 4.31. The molecule has 1 aromatic heterocycles. The number of carbonyl (C=O) groups excluding carboxylic acids is 2. The summed E-state index contributed by atoms with van der Waals surface area (Å²) in [4.78, 5) is 27.3. The normalized spacial score (nSPS) is 9.86. The molecule has 0 saturated carbocycles. The molecule has 0 unspecified atom stereocenters. The quantitative estimate of drug-likeness (QED) is 0.830. The van der Waals surface area contributed by atoms with Crippen LogP contribution in [0.25, 0.3) is 0 Å². The average molecular weight is 299 g/mol. The predicted molar refractivity (Wildman–Crippen MR) is 82.7 cm³/mol. The van der Waals surface area contributed by atoms with E-state index in [1.807, 2.05) is 30.3 Å². The van der Waals surface area contributed by atoms with Gasteiger partial charge in [0.2, 0.25) is 0 Å². The van der Waals surface area contributed by atoms with E-state index in [0.717, 1.165) is 12.0 Å². The van der Waals surface area contributed by atoms with Crippen LogP contribution >= 0.6 is 0 Å². The second kappa shape index (κ2) is 7.78. The van der Waals surface area contributed by atoms with Gasteiger partial charge in [-0.3, -0.25) is 0 Å². The molecule has 0 aliphatic heterocycles. The Morgan fingerprint density at radius 1 is 1.14 bits per heavy atom. The number of methoxy groups -OCH3 is 1. The van der Waals surface area contributed by atoms with Gasteiger partial charge in [-0.25, -0.2) is 14.6 Å². The fraction of sp³-hybridized carbons (Fsp3) is 0.188. The summed E-state index contributed by atoms with van der Waals surface area (Å²) < 4.78 is 4.62. The number of rotatable bonds is 5. The van der Waals surface area contributed by atoms with Gasteiger partial charge in [0.15, 0.2) is 5.69 Å². The second-order valence-corrected chi connectivity index (χ2v) is 4.51. The highest BCUT2D eigenvalue weighted by Gasteiger charge is 2.14. The van der Waals surface area contributed by atoms with Crippen LogP contribution in [0.1, 0.15) is 16.1 Å². The lowest BCUT2D eigenvalue weighted by molar-refractivity contribution is 0.0595. The topological polar surface area (TPSA) is 80.3 Å². The van der Waals surface area contributed by atoms with E-state index in [1.165, 1.54) is 13.3 Å². The highest BCUT2D eigenvalue weighted by molar-refractivity contribution is 5.99. The minimum absolute atomic E-state index is 0.0724. The minimum atomic E-state index is -0.597. The van der Waals surface area contributed by atoms with E-state index < -0.39 is 12.0 Å². The van der Waals surface area contributed by atoms with Crippen LogP contribution in [-0.4, -0.2) is 30.6 Å². The van der Waals surface area contributed by atoms with E-state index in [4.69, 9.17) is 0 Å². The maximum Gasteiger partial charge on any atom is 0.358 e. The van der Waals surface area contributed by atoms with Gasteiger partial charge in [-0.1, -0.05) is 30.3 Å². The van der Waals surface area contributed by atoms with Crippen LogP contribution in [0.4, 0.5) is 10.5 Å². The lowest BCUT2D eigenvalue weighted by atomic mass is 10.1. The van der Waals surface area contributed by atoms with E-state index in [0.29, 0.717) is 12.2 Å². The van der Waals surface area contributed by atoms with Crippen LogP contribution in [-0.2, 0) is 11.2 Å². The zero-order chi connectivity index (χ0) is 15.8. The summed E-state index contributed by atoms with van der Waals surface area (Å²) in [5, 5.41) is 5.33. The number of esters is 1. The van der Waals surface area contributed by atoms with E-state index in [2.05, 4.69) is 20.4 Å². The van der Waals surface area contributed by atoms with Crippen molar-refractivity contribution in [2.45, 2.75) is 6.42 Å². The molecule has 0 atom stereocenters. The monoisotopic (exact) mass is 299 g/mol. The van der Waals surface area contributed by atoms with Gasteiger partial charge in [0.25, 0.3) is 0 Å². The first-order valence-corrected chi connectivity index (χ1v) is 6.83. The second-order valence-electron chi connectivity index (χ2n) is 4.51. The third-order valence-corrected chi connectivity index (χ3v) is 2.98. The van der Waals surface area contributed by atoms with E-state index in [1.54, 1.807) is 12.1 Å². The van der Waals surface area contributed by atoms with E-state index >= 15 is 0 Å². The van der Waals surface area contributed by atoms with Crippen molar-refractivity contribution < 1.29 is 14.3 Å². The van der Waals surface area contributed by atoms with Crippen LogP contribution in [0, 0.1) is 0 Å². The largest absolute Gasteiger partial charge is 0.464 e. The van der Waals surface area contributed by atoms with Crippen molar-refractivity contribution in [3.05, 3.63) is 59.9 Å². The Morgan fingerprint density at radius 3 is 2.64 bits per heavy atom. The lowest BCUT2D eigenvalue weighted by Crippen LogP contribution is -2.31. The Kier molecular flexibility index (Phi) is 5.48. The highest BCUT2D eigenvalue weighted by Crippen LogP contribution is 2.12. The molecular formula is C16H17N3O3. The maximum absolute atomic E-state index is 11.9. The van der Waals surface area contributed by atoms with Crippen LogP contribution in [0.5, 0.6) is 0 Å². The van der Waals surface area contributed by atoms with Crippen molar-refractivity contribution in [1.82, 2.24) is 10.3 Å². The molecule has 6 heteroatoms. The van der Waals surface area contributed by atoms with Crippen molar-refractivity contribution in [1.29, 1.82) is 0 Å². The van der Waals surface area contributed by atoms with Crippen LogP contribution in [0.2, 0.25) is 0 Å². The summed E-state index contributed by atoms with van der Waals surface area (Å²) in [6, 6.07) is 12.7. The number of benzene rings is 1. The van der Waals surface area contributed by atoms with Crippen molar-refractivity contribution in [2.24, 2.45) is 0 Å². The number of anilines is 1. The number of pyridine rings is 1. The molecule has 0 radical (unpaired) electrons. The highest BCUT2D eigenvalue weighted by atomic mass is 16.5. The Morgan fingerprint density at radius 2 is 1.91 bits per heavy atom. The van der Waals surface area contributed by atoms with Crippen molar-refractivity contribution >= 4 is 17.7 Å². The van der Waals surface area contributed by atoms with Gasteiger partial charge in [-0.2, -0.15) is 0 Å². The molecule has 1 aromatic carbocycles. The Balaban J connectivity index is 1.88. The number of carbonyl (C=O) groups is 2. The zero-order valence-electron chi connectivity index (χ0n) is 12.2. The van der Waals surface area contributed by atoms with Crippen molar-refractivity contribution in [2.75, 3.05) is 19.0 Å². The summed E-state index contributed by atoms with van der Waals surface area (Å²) >= 11 is 0. The maximum atomic E-state index is 11.9. The molecule has 114 valence electrons. The average Bonchev–Trinajstić information content (AvgIpc) is 2.55. The number of nitrogens with one attached hydrogen (secondary N) is 2. The summed E-state index contributed by atoms with van der Waals surface area (Å²) in [5.41, 5.74) is 1.52. The predicted octanol–water partition coefficient (Wildman–Crippen LogP) is 2.23. The van der Waals surface area contributed by atoms with Gasteiger partial charge in [0.05, 0.1) is 12.8 Å². The molecule has 2 amide bonds. The first-order chi connectivity index (χ1) is 10.7. The van der Waals surface area contributed by atoms with Gasteiger partial charge in [-0.05, 0) is 24.1 Å². The molecule has 2 N–H and O–H groups in total. The van der Waals surface area contributed by atoms with Gasteiger partial charge < -0.3 is 15.4 Å². The van der Waals surface area contributed by atoms with E-state index in [-0.39, 0.29) is 5.69 Å². The Bertz CT molecular complexity index is 644. The molecule has 0 spiro atoms. The van der Waals surface area contributed by atoms with Crippen LogP contribution < -0.4 is 10.6 Å². The Labute approximate surface area is 128 Å². The summed E-state index contributed by atoms with van der Waals surface area (Å²) in [6.07, 6.45) is 2.19. The first-order valence-electron chi connectivity index (χ1n) is 6.83. The van der Waals surface area contributed by atoms with Crippen LogP contribution in [0.3, 0.4) is 0 Å². The molecule has 6 nitrogen and oxygen atoms in total. The number of nitrogens with zero attached hydrogens (tertiary/aromatic N) is 1. The molecule has 1 heterocycles. The number of ether oxygens (including phenoxy) is 1. The van der Waals surface area contributed by atoms with Gasteiger partial charge in [0, 0.05) is 12.7 Å². The van der Waals surface area contributed by atoms with Gasteiger partial charge in [-0.15, -0.1) is 0 Å². The number of amides is 2. The molecule has 22 heavy (non-hydrogen) atoms. The number of hydrogen-bond donors (Lipinski definition) is 2. The van der Waals surface area contributed by atoms with Crippen molar-refractivity contribution in [3.8, 4) is 0 Å². The molecule has 0 aliphatic rings. The van der Waals surface area contributed by atoms with E-state index in [9.17, 15) is 9.59 Å². The first kappa shape index (κ1) is 15.5. The molecule has 0 saturated heterocycles. The molecule has 2 rings (SSSR count). The van der Waals surface area contributed by atoms with Gasteiger partial charge in [0.1, 0.15) is 0 Å². The summed E-state index contributed by atoms with van der Waals surface area (Å²) in [5.74, 6) is -0.597. The number of urea groups is 1. The number of aromatic nitrogens is 1. The van der Waals surface area contributed by atoms with Crippen molar-refractivity contribution in [3.63, 3.8) is 0 Å². The molecule has 2 aromatic rings.